The number of benzene rings is 1. The van der Waals surface area contributed by atoms with Gasteiger partial charge in [0.05, 0.1) is 12.2 Å². The molecule has 0 radical (unpaired) electrons. The quantitative estimate of drug-likeness (QED) is 0.495. The molecule has 0 saturated carbocycles. The van der Waals surface area contributed by atoms with Gasteiger partial charge >= 0.3 is 6.18 Å². The summed E-state index contributed by atoms with van der Waals surface area (Å²) in [5.74, 6) is -1.83. The van der Waals surface area contributed by atoms with Crippen LogP contribution >= 0.6 is 11.6 Å². The van der Waals surface area contributed by atoms with Crippen molar-refractivity contribution < 1.29 is 18.0 Å². The number of hydrogen-bond acceptors (Lipinski definition) is 7. The van der Waals surface area contributed by atoms with Gasteiger partial charge in [-0.05, 0) is 30.5 Å². The zero-order valence-electron chi connectivity index (χ0n) is 19.5. The topological polar surface area (TPSA) is 123 Å². The van der Waals surface area contributed by atoms with Crippen LogP contribution in [0.15, 0.2) is 23.0 Å². The van der Waals surface area contributed by atoms with E-state index >= 15 is 0 Å². The zero-order valence-corrected chi connectivity index (χ0v) is 20.3. The summed E-state index contributed by atoms with van der Waals surface area (Å²) in [6.07, 6.45) is -4.24. The maximum Gasteiger partial charge on any atom is 0.451 e. The summed E-state index contributed by atoms with van der Waals surface area (Å²) >= 11 is 6.14. The fourth-order valence-electron chi connectivity index (χ4n) is 5.26. The van der Waals surface area contributed by atoms with E-state index in [4.69, 9.17) is 11.6 Å². The first-order chi connectivity index (χ1) is 17.5. The lowest BCUT2D eigenvalue weighted by atomic mass is 9.85. The highest BCUT2D eigenvalue weighted by Gasteiger charge is 2.41. The van der Waals surface area contributed by atoms with Crippen molar-refractivity contribution in [3.05, 3.63) is 56.0 Å². The average molecular weight is 535 g/mol. The molecule has 2 atom stereocenters. The summed E-state index contributed by atoms with van der Waals surface area (Å²) in [4.78, 5) is 29.3. The van der Waals surface area contributed by atoms with Crippen LogP contribution in [0, 0.1) is 28.4 Å². The summed E-state index contributed by atoms with van der Waals surface area (Å²) in [5, 5.41) is 29.7. The van der Waals surface area contributed by atoms with Gasteiger partial charge in [-0.25, -0.2) is 0 Å². The predicted molar refractivity (Wildman–Crippen MR) is 127 cm³/mol. The Kier molecular flexibility index (Phi) is 6.02. The third-order valence-electron chi connectivity index (χ3n) is 7.04. The Balaban J connectivity index is 1.39. The molecule has 3 aromatic rings. The molecule has 5 rings (SSSR count). The number of carbonyl (C=O) groups excluding carboxylic acids is 1. The standard InChI is InChI=1S/C23H20ClF3N7O3/c1-12-10-31(19-15-8-13(24)2-3-17(15)34(37)21(36)16(19)9-28)5-4-14(12)20(35)32-6-7-33-18(11-32)29-30-22(33)23(25,26)27/h2-3,8,12,14H,4-7,10-11H2,1H3/q-1/t12-,14+/m1/s1. The summed E-state index contributed by atoms with van der Waals surface area (Å²) in [5.41, 5.74) is -0.864. The minimum absolute atomic E-state index is 0.0556. The number of aromatic nitrogens is 4. The Morgan fingerprint density at radius 2 is 2.00 bits per heavy atom. The van der Waals surface area contributed by atoms with Crippen molar-refractivity contribution in [2.24, 2.45) is 11.8 Å². The van der Waals surface area contributed by atoms with Crippen molar-refractivity contribution in [1.82, 2.24) is 24.4 Å². The van der Waals surface area contributed by atoms with E-state index in [1.54, 1.807) is 0 Å². The number of amides is 1. The third-order valence-corrected chi connectivity index (χ3v) is 7.27. The lowest BCUT2D eigenvalue weighted by molar-refractivity contribution is -0.148. The van der Waals surface area contributed by atoms with Gasteiger partial charge in [0.1, 0.15) is 11.6 Å². The third kappa shape index (κ3) is 4.15. The van der Waals surface area contributed by atoms with E-state index in [-0.39, 0.29) is 53.1 Å². The number of piperidine rings is 1. The molecule has 0 aliphatic carbocycles. The lowest BCUT2D eigenvalue weighted by Crippen LogP contribution is -2.49. The van der Waals surface area contributed by atoms with Crippen LogP contribution < -0.4 is 10.5 Å². The molecule has 0 N–H and O–H groups in total. The van der Waals surface area contributed by atoms with E-state index in [1.165, 1.54) is 23.1 Å². The van der Waals surface area contributed by atoms with Gasteiger partial charge in [0.25, 0.3) is 5.56 Å². The van der Waals surface area contributed by atoms with Crippen molar-refractivity contribution in [1.29, 1.82) is 5.26 Å². The number of anilines is 1. The SMILES string of the molecule is C[C@@H]1CN(c2c(C#N)c(=O)n([O-])c3ccc(Cl)cc23)CC[C@@H]1C(=O)N1CCn2c(nnc2C(F)(F)F)C1. The molecule has 0 bridgehead atoms. The summed E-state index contributed by atoms with van der Waals surface area (Å²) in [6.45, 7) is 2.47. The van der Waals surface area contributed by atoms with Crippen LogP contribution in [0.2, 0.25) is 5.02 Å². The van der Waals surface area contributed by atoms with Gasteiger partial charge < -0.3 is 24.3 Å². The second-order valence-corrected chi connectivity index (χ2v) is 9.70. The number of rotatable bonds is 2. The number of nitriles is 1. The number of carbonyl (C=O) groups is 1. The normalized spacial score (nSPS) is 20.1. The van der Waals surface area contributed by atoms with Crippen molar-refractivity contribution in [3.8, 4) is 6.07 Å². The second-order valence-electron chi connectivity index (χ2n) is 9.26. The van der Waals surface area contributed by atoms with Gasteiger partial charge in [-0.15, -0.1) is 10.2 Å². The number of alkyl halides is 3. The minimum Gasteiger partial charge on any atom is -0.803 e. The maximum atomic E-state index is 13.4. The van der Waals surface area contributed by atoms with Crippen LogP contribution in [0.3, 0.4) is 0 Å². The zero-order chi connectivity index (χ0) is 26.6. The van der Waals surface area contributed by atoms with E-state index in [2.05, 4.69) is 10.2 Å². The van der Waals surface area contributed by atoms with Crippen LogP contribution in [0.5, 0.6) is 0 Å². The number of pyridine rings is 1. The first kappa shape index (κ1) is 24.9. The van der Waals surface area contributed by atoms with Crippen molar-refractivity contribution in [2.45, 2.75) is 32.6 Å². The molecule has 37 heavy (non-hydrogen) atoms. The molecular weight excluding hydrogens is 515 g/mol. The molecule has 194 valence electrons. The molecule has 0 spiro atoms. The minimum atomic E-state index is -4.62. The molecule has 1 fully saturated rings. The highest BCUT2D eigenvalue weighted by molar-refractivity contribution is 6.31. The second kappa shape index (κ2) is 8.95. The van der Waals surface area contributed by atoms with Gasteiger partial charge in [-0.1, -0.05) is 18.5 Å². The molecular formula is C23H20ClF3N7O3-. The number of halogens is 4. The highest BCUT2D eigenvalue weighted by Crippen LogP contribution is 2.36. The van der Waals surface area contributed by atoms with Gasteiger partial charge in [-0.2, -0.15) is 18.4 Å². The van der Waals surface area contributed by atoms with E-state index in [0.717, 1.165) is 4.57 Å². The first-order valence-electron chi connectivity index (χ1n) is 11.5. The molecule has 2 aliphatic heterocycles. The summed E-state index contributed by atoms with van der Waals surface area (Å²) < 4.78 is 40.6. The summed E-state index contributed by atoms with van der Waals surface area (Å²) in [7, 11) is 0. The predicted octanol–water partition coefficient (Wildman–Crippen LogP) is 2.99. The van der Waals surface area contributed by atoms with E-state index < -0.39 is 23.5 Å². The molecule has 0 unspecified atom stereocenters. The maximum absolute atomic E-state index is 13.4. The first-order valence-corrected chi connectivity index (χ1v) is 11.9. The van der Waals surface area contributed by atoms with Crippen LogP contribution in [-0.2, 0) is 24.1 Å². The van der Waals surface area contributed by atoms with Crippen LogP contribution in [0.25, 0.3) is 10.9 Å². The largest absolute Gasteiger partial charge is 0.803 e. The van der Waals surface area contributed by atoms with E-state index in [1.807, 2.05) is 17.9 Å². The highest BCUT2D eigenvalue weighted by atomic mass is 35.5. The van der Waals surface area contributed by atoms with Crippen molar-refractivity contribution in [3.63, 3.8) is 0 Å². The Labute approximate surface area is 213 Å². The molecule has 1 aromatic carbocycles. The Hall–Kier alpha value is -3.79. The fourth-order valence-corrected chi connectivity index (χ4v) is 5.43. The van der Waals surface area contributed by atoms with Crippen molar-refractivity contribution >= 4 is 34.1 Å². The van der Waals surface area contributed by atoms with Crippen LogP contribution in [0.1, 0.15) is 30.6 Å². The van der Waals surface area contributed by atoms with Gasteiger partial charge in [0.2, 0.25) is 11.7 Å². The Morgan fingerprint density at radius 3 is 2.68 bits per heavy atom. The van der Waals surface area contributed by atoms with Crippen LogP contribution in [0.4, 0.5) is 18.9 Å². The Bertz CT molecular complexity index is 1510. The molecule has 14 heteroatoms. The monoisotopic (exact) mass is 534 g/mol. The van der Waals surface area contributed by atoms with E-state index in [9.17, 15) is 33.2 Å². The molecule has 10 nitrogen and oxygen atoms in total. The van der Waals surface area contributed by atoms with Crippen molar-refractivity contribution in [2.75, 3.05) is 24.5 Å². The molecule has 1 saturated heterocycles. The van der Waals surface area contributed by atoms with Gasteiger partial charge in [0.15, 0.2) is 5.82 Å². The van der Waals surface area contributed by atoms with Gasteiger partial charge in [-0.3, -0.25) is 9.59 Å². The summed E-state index contributed by atoms with van der Waals surface area (Å²) in [6, 6.07) is 6.29. The average Bonchev–Trinajstić information content (AvgIpc) is 3.29. The lowest BCUT2D eigenvalue weighted by Gasteiger charge is -2.41. The van der Waals surface area contributed by atoms with Crippen LogP contribution in [-0.4, -0.2) is 49.9 Å². The number of nitrogens with zero attached hydrogens (tertiary/aromatic N) is 7. The van der Waals surface area contributed by atoms with Gasteiger partial charge in [0, 0.05) is 48.0 Å². The number of hydrogen-bond donors (Lipinski definition) is 0. The molecule has 1 amide bonds. The fraction of sp³-hybridized carbons (Fsp3) is 0.435. The molecule has 2 aromatic heterocycles. The number of fused-ring (bicyclic) bond motifs is 2. The van der Waals surface area contributed by atoms with E-state index in [0.29, 0.717) is 35.6 Å². The molecule has 2 aliphatic rings. The smallest absolute Gasteiger partial charge is 0.451 e. The molecule has 4 heterocycles. The Morgan fingerprint density at radius 1 is 1.24 bits per heavy atom.